The van der Waals surface area contributed by atoms with Crippen molar-refractivity contribution in [2.75, 3.05) is 6.54 Å². The zero-order valence-electron chi connectivity index (χ0n) is 12.9. The van der Waals surface area contributed by atoms with E-state index in [2.05, 4.69) is 10.1 Å². The Morgan fingerprint density at radius 3 is 2.38 bits per heavy atom. The number of hydrogen-bond acceptors (Lipinski definition) is 3. The highest BCUT2D eigenvalue weighted by Gasteiger charge is 2.23. The zero-order valence-corrected chi connectivity index (χ0v) is 13.8. The predicted octanol–water partition coefficient (Wildman–Crippen LogP) is 3.40. The Labute approximate surface area is 144 Å². The van der Waals surface area contributed by atoms with E-state index in [-0.39, 0.29) is 11.5 Å². The van der Waals surface area contributed by atoms with Gasteiger partial charge in [0, 0.05) is 24.2 Å². The first-order valence-electron chi connectivity index (χ1n) is 7.26. The minimum atomic E-state index is -2.89. The van der Waals surface area contributed by atoms with Crippen molar-refractivity contribution in [2.45, 2.75) is 13.5 Å². The van der Waals surface area contributed by atoms with E-state index in [0.717, 1.165) is 0 Å². The number of nitrogens with one attached hydrogen (secondary N) is 1. The summed E-state index contributed by atoms with van der Waals surface area (Å²) in [6, 6.07) is 11.2. The lowest BCUT2D eigenvalue weighted by Gasteiger charge is -2.09. The third-order valence-electron chi connectivity index (χ3n) is 3.10. The SMILES string of the molecule is CCNC(=S)C(=C(O)c1ccc(OC(F)F)cc1)[n+]1ccccc1. The van der Waals surface area contributed by atoms with Gasteiger partial charge in [0.2, 0.25) is 0 Å². The van der Waals surface area contributed by atoms with Gasteiger partial charge in [0.1, 0.15) is 5.75 Å². The number of likely N-dealkylation sites (N-methyl/N-ethyl adjacent to an activating group) is 1. The lowest BCUT2D eigenvalue weighted by Crippen LogP contribution is -2.40. The van der Waals surface area contributed by atoms with Crippen molar-refractivity contribution in [2.24, 2.45) is 0 Å². The molecule has 0 radical (unpaired) electrons. The molecule has 0 bridgehead atoms. The number of hydrogen-bond donors (Lipinski definition) is 2. The molecule has 2 N–H and O–H groups in total. The summed E-state index contributed by atoms with van der Waals surface area (Å²) in [4.78, 5) is 0.374. The molecule has 1 aromatic heterocycles. The van der Waals surface area contributed by atoms with Gasteiger partial charge in [-0.05, 0) is 31.2 Å². The standard InChI is InChI=1S/C17H16F2N2O2S/c1-2-20-16(24)14(21-10-4-3-5-11-21)15(22)12-6-8-13(9-7-12)23-17(18)19/h3-11,17H,2H2,1H3,(H-,20,22,24)/p+1. The Balaban J connectivity index is 2.43. The molecule has 4 nitrogen and oxygen atoms in total. The molecule has 0 saturated heterocycles. The molecule has 1 aromatic carbocycles. The molecule has 0 spiro atoms. The van der Waals surface area contributed by atoms with Crippen LogP contribution in [0.25, 0.3) is 11.5 Å². The minimum absolute atomic E-state index is 0.0183. The molecule has 0 saturated carbocycles. The average Bonchev–Trinajstić information content (AvgIpc) is 2.56. The highest BCUT2D eigenvalue weighted by atomic mass is 32.1. The molecule has 0 aliphatic carbocycles. The summed E-state index contributed by atoms with van der Waals surface area (Å²) < 4.78 is 30.4. The van der Waals surface area contributed by atoms with Crippen LogP contribution in [0.5, 0.6) is 5.75 Å². The van der Waals surface area contributed by atoms with Crippen molar-refractivity contribution in [3.8, 4) is 5.75 Å². The second-order valence-electron chi connectivity index (χ2n) is 4.74. The number of benzene rings is 1. The largest absolute Gasteiger partial charge is 0.502 e. The Bertz CT molecular complexity index is 719. The van der Waals surface area contributed by atoms with Crippen LogP contribution in [-0.2, 0) is 0 Å². The van der Waals surface area contributed by atoms with E-state index in [1.807, 2.05) is 13.0 Å². The van der Waals surface area contributed by atoms with Gasteiger partial charge < -0.3 is 15.2 Å². The molecular weight excluding hydrogens is 334 g/mol. The van der Waals surface area contributed by atoms with Gasteiger partial charge in [0.25, 0.3) is 5.70 Å². The maximum atomic E-state index is 12.2. The average molecular weight is 351 g/mol. The maximum Gasteiger partial charge on any atom is 0.387 e. The summed E-state index contributed by atoms with van der Waals surface area (Å²) in [6.07, 6.45) is 3.51. The smallest absolute Gasteiger partial charge is 0.387 e. The van der Waals surface area contributed by atoms with Gasteiger partial charge in [-0.15, -0.1) is 0 Å². The van der Waals surface area contributed by atoms with Gasteiger partial charge in [-0.2, -0.15) is 13.3 Å². The van der Waals surface area contributed by atoms with Crippen molar-refractivity contribution in [1.82, 2.24) is 5.32 Å². The van der Waals surface area contributed by atoms with Crippen LogP contribution in [0.4, 0.5) is 8.78 Å². The second-order valence-corrected chi connectivity index (χ2v) is 5.15. The molecule has 2 aromatic rings. The normalized spacial score (nSPS) is 11.8. The zero-order chi connectivity index (χ0) is 17.5. The monoisotopic (exact) mass is 351 g/mol. The number of aliphatic hydroxyl groups excluding tert-OH is 1. The molecule has 0 fully saturated rings. The summed E-state index contributed by atoms with van der Waals surface area (Å²) in [5.41, 5.74) is 0.832. The highest BCUT2D eigenvalue weighted by Crippen LogP contribution is 2.21. The minimum Gasteiger partial charge on any atom is -0.502 e. The van der Waals surface area contributed by atoms with Crippen molar-refractivity contribution >= 4 is 28.7 Å². The third-order valence-corrected chi connectivity index (χ3v) is 3.44. The molecule has 0 aliphatic rings. The fourth-order valence-electron chi connectivity index (χ4n) is 2.07. The second kappa shape index (κ2) is 8.35. The van der Waals surface area contributed by atoms with E-state index >= 15 is 0 Å². The van der Waals surface area contributed by atoms with Crippen LogP contribution in [0.15, 0.2) is 54.9 Å². The van der Waals surface area contributed by atoms with E-state index in [1.165, 1.54) is 24.3 Å². The summed E-state index contributed by atoms with van der Waals surface area (Å²) in [6.45, 7) is -0.395. The Kier molecular flexibility index (Phi) is 6.20. The highest BCUT2D eigenvalue weighted by molar-refractivity contribution is 7.81. The number of alkyl halides is 2. The van der Waals surface area contributed by atoms with E-state index in [9.17, 15) is 13.9 Å². The number of thiocarbonyl (C=S) groups is 1. The van der Waals surface area contributed by atoms with Gasteiger partial charge in [-0.25, -0.2) is 0 Å². The summed E-state index contributed by atoms with van der Waals surface area (Å²) in [5, 5.41) is 13.6. The molecule has 7 heteroatoms. The van der Waals surface area contributed by atoms with E-state index in [0.29, 0.717) is 22.8 Å². The van der Waals surface area contributed by atoms with E-state index in [1.54, 1.807) is 29.1 Å². The summed E-state index contributed by atoms with van der Waals surface area (Å²) >= 11 is 5.34. The summed E-state index contributed by atoms with van der Waals surface area (Å²) in [7, 11) is 0. The molecule has 2 rings (SSSR count). The molecule has 0 aliphatic heterocycles. The van der Waals surface area contributed by atoms with Gasteiger partial charge >= 0.3 is 6.61 Å². The Hall–Kier alpha value is -2.54. The van der Waals surface area contributed by atoms with E-state index in [4.69, 9.17) is 12.2 Å². The maximum absolute atomic E-state index is 12.2. The lowest BCUT2D eigenvalue weighted by atomic mass is 10.1. The van der Waals surface area contributed by atoms with Crippen molar-refractivity contribution < 1.29 is 23.2 Å². The van der Waals surface area contributed by atoms with Crippen LogP contribution >= 0.6 is 12.2 Å². The quantitative estimate of drug-likeness (QED) is 0.362. The fraction of sp³-hybridized carbons (Fsp3) is 0.176. The van der Waals surface area contributed by atoms with Crippen LogP contribution < -0.4 is 14.6 Å². The van der Waals surface area contributed by atoms with Crippen LogP contribution in [0.1, 0.15) is 12.5 Å². The number of aliphatic hydroxyl groups is 1. The topological polar surface area (TPSA) is 45.4 Å². The number of nitrogens with zero attached hydrogens (tertiary/aromatic N) is 1. The van der Waals surface area contributed by atoms with E-state index < -0.39 is 6.61 Å². The number of aromatic nitrogens is 1. The van der Waals surface area contributed by atoms with Gasteiger partial charge in [-0.1, -0.05) is 18.3 Å². The van der Waals surface area contributed by atoms with Crippen LogP contribution in [0.3, 0.4) is 0 Å². The molecule has 0 unspecified atom stereocenters. The molecule has 24 heavy (non-hydrogen) atoms. The van der Waals surface area contributed by atoms with Crippen LogP contribution in [0, 0.1) is 0 Å². The first-order valence-corrected chi connectivity index (χ1v) is 7.67. The predicted molar refractivity (Wildman–Crippen MR) is 91.7 cm³/mol. The lowest BCUT2D eigenvalue weighted by molar-refractivity contribution is -0.576. The van der Waals surface area contributed by atoms with Crippen molar-refractivity contribution in [3.63, 3.8) is 0 Å². The van der Waals surface area contributed by atoms with Gasteiger partial charge in [0.05, 0.1) is 0 Å². The molecule has 0 atom stereocenters. The van der Waals surface area contributed by atoms with Crippen LogP contribution in [0.2, 0.25) is 0 Å². The van der Waals surface area contributed by atoms with Crippen molar-refractivity contribution in [1.29, 1.82) is 0 Å². The first-order chi connectivity index (χ1) is 11.5. The first kappa shape index (κ1) is 17.8. The van der Waals surface area contributed by atoms with Crippen molar-refractivity contribution in [3.05, 3.63) is 60.4 Å². The van der Waals surface area contributed by atoms with Crippen LogP contribution in [-0.4, -0.2) is 23.3 Å². The number of pyridine rings is 1. The van der Waals surface area contributed by atoms with Gasteiger partial charge in [0.15, 0.2) is 23.1 Å². The Morgan fingerprint density at radius 1 is 1.21 bits per heavy atom. The fourth-order valence-corrected chi connectivity index (χ4v) is 2.42. The summed E-state index contributed by atoms with van der Waals surface area (Å²) in [5.74, 6) is -0.0505. The molecule has 126 valence electrons. The van der Waals surface area contributed by atoms with Gasteiger partial charge in [-0.3, -0.25) is 0 Å². The molecular formula is C17H17F2N2O2S+. The molecule has 0 amide bonds. The number of rotatable bonds is 6. The molecule has 1 heterocycles. The third kappa shape index (κ3) is 4.48. The number of halogens is 2. The number of ether oxygens (including phenoxy) is 1. The Morgan fingerprint density at radius 2 is 1.83 bits per heavy atom.